The lowest BCUT2D eigenvalue weighted by Gasteiger charge is -2.36. The number of hydrogen-bond acceptors (Lipinski definition) is 1. The van der Waals surface area contributed by atoms with E-state index < -0.39 is 11.6 Å². The molecule has 0 aliphatic heterocycles. The third kappa shape index (κ3) is 4.03. The van der Waals surface area contributed by atoms with Crippen LogP contribution in [-0.2, 0) is 0 Å². The van der Waals surface area contributed by atoms with Gasteiger partial charge in [-0.2, -0.15) is 0 Å². The van der Waals surface area contributed by atoms with Gasteiger partial charge in [0.05, 0.1) is 0 Å². The third-order valence-electron chi connectivity index (χ3n) is 4.96. The minimum absolute atomic E-state index is 0.137. The standard InChI is InChI=1S/C18H27F2N/c1-4-21-18(15-9-10-16(19)17(20)11-15)14-7-5-13(6-8-14)12(2)3/h9-14,18,21H,4-8H2,1-3H3. The predicted octanol–water partition coefficient (Wildman–Crippen LogP) is 5.08. The molecule has 0 aromatic heterocycles. The van der Waals surface area contributed by atoms with Crippen molar-refractivity contribution in [2.45, 2.75) is 52.5 Å². The summed E-state index contributed by atoms with van der Waals surface area (Å²) in [5, 5.41) is 3.47. The summed E-state index contributed by atoms with van der Waals surface area (Å²) in [6.07, 6.45) is 4.82. The summed E-state index contributed by atoms with van der Waals surface area (Å²) < 4.78 is 26.6. The van der Waals surface area contributed by atoms with Crippen LogP contribution in [-0.4, -0.2) is 6.54 Å². The number of benzene rings is 1. The quantitative estimate of drug-likeness (QED) is 0.799. The zero-order valence-electron chi connectivity index (χ0n) is 13.3. The van der Waals surface area contributed by atoms with Gasteiger partial charge in [-0.1, -0.05) is 26.8 Å². The van der Waals surface area contributed by atoms with Crippen molar-refractivity contribution in [2.75, 3.05) is 6.54 Å². The van der Waals surface area contributed by atoms with Crippen LogP contribution in [0.5, 0.6) is 0 Å². The van der Waals surface area contributed by atoms with Gasteiger partial charge in [-0.15, -0.1) is 0 Å². The minimum atomic E-state index is -0.766. The minimum Gasteiger partial charge on any atom is -0.310 e. The van der Waals surface area contributed by atoms with Crippen LogP contribution in [0.15, 0.2) is 18.2 Å². The Hall–Kier alpha value is -0.960. The Kier molecular flexibility index (Phi) is 5.74. The molecule has 1 aromatic rings. The lowest BCUT2D eigenvalue weighted by Crippen LogP contribution is -2.32. The molecular weight excluding hydrogens is 268 g/mol. The monoisotopic (exact) mass is 295 g/mol. The molecule has 0 radical (unpaired) electrons. The molecule has 1 nitrogen and oxygen atoms in total. The normalized spacial score (nSPS) is 24.3. The van der Waals surface area contributed by atoms with Crippen LogP contribution in [0.2, 0.25) is 0 Å². The highest BCUT2D eigenvalue weighted by molar-refractivity contribution is 5.22. The van der Waals surface area contributed by atoms with Gasteiger partial charge in [0.25, 0.3) is 0 Å². The van der Waals surface area contributed by atoms with Crippen molar-refractivity contribution >= 4 is 0 Å². The zero-order chi connectivity index (χ0) is 15.4. The van der Waals surface area contributed by atoms with Crippen LogP contribution in [0.3, 0.4) is 0 Å². The molecule has 21 heavy (non-hydrogen) atoms. The van der Waals surface area contributed by atoms with Crippen molar-refractivity contribution in [3.8, 4) is 0 Å². The summed E-state index contributed by atoms with van der Waals surface area (Å²) in [7, 11) is 0. The molecule has 118 valence electrons. The summed E-state index contributed by atoms with van der Waals surface area (Å²) >= 11 is 0. The van der Waals surface area contributed by atoms with Gasteiger partial charge in [0.15, 0.2) is 11.6 Å². The summed E-state index contributed by atoms with van der Waals surface area (Å²) in [5.74, 6) is 0.564. The Balaban J connectivity index is 2.10. The second-order valence-electron chi connectivity index (χ2n) is 6.63. The molecule has 1 fully saturated rings. The maximum absolute atomic E-state index is 13.5. The Bertz CT molecular complexity index is 451. The Morgan fingerprint density at radius 3 is 2.19 bits per heavy atom. The van der Waals surface area contributed by atoms with Gasteiger partial charge in [0.2, 0.25) is 0 Å². The van der Waals surface area contributed by atoms with E-state index in [0.29, 0.717) is 5.92 Å². The van der Waals surface area contributed by atoms with Crippen molar-refractivity contribution in [2.24, 2.45) is 17.8 Å². The molecular formula is C18H27F2N. The maximum Gasteiger partial charge on any atom is 0.159 e. The van der Waals surface area contributed by atoms with Crippen LogP contribution in [0.25, 0.3) is 0 Å². The molecule has 1 unspecified atom stereocenters. The molecule has 1 atom stereocenters. The molecule has 0 amide bonds. The highest BCUT2D eigenvalue weighted by Gasteiger charge is 2.29. The van der Waals surface area contributed by atoms with Crippen molar-refractivity contribution in [1.29, 1.82) is 0 Å². The van der Waals surface area contributed by atoms with E-state index in [-0.39, 0.29) is 6.04 Å². The lowest BCUT2D eigenvalue weighted by molar-refractivity contribution is 0.189. The van der Waals surface area contributed by atoms with Gasteiger partial charge >= 0.3 is 0 Å². The third-order valence-corrected chi connectivity index (χ3v) is 4.96. The largest absolute Gasteiger partial charge is 0.310 e. The fourth-order valence-electron chi connectivity index (χ4n) is 3.63. The van der Waals surface area contributed by atoms with E-state index in [2.05, 4.69) is 26.1 Å². The Morgan fingerprint density at radius 2 is 1.67 bits per heavy atom. The number of rotatable bonds is 5. The molecule has 3 heteroatoms. The summed E-state index contributed by atoms with van der Waals surface area (Å²) in [6.45, 7) is 7.49. The maximum atomic E-state index is 13.5. The van der Waals surface area contributed by atoms with Crippen LogP contribution < -0.4 is 5.32 Å². The first kappa shape index (κ1) is 16.4. The molecule has 2 rings (SSSR count). The molecule has 1 saturated carbocycles. The predicted molar refractivity (Wildman–Crippen MR) is 83.1 cm³/mol. The Labute approximate surface area is 127 Å². The van der Waals surface area contributed by atoms with Crippen LogP contribution in [0.1, 0.15) is 58.1 Å². The summed E-state index contributed by atoms with van der Waals surface area (Å²) in [5.41, 5.74) is 0.878. The van der Waals surface area contributed by atoms with Crippen LogP contribution in [0, 0.1) is 29.4 Å². The van der Waals surface area contributed by atoms with Gasteiger partial charge in [-0.3, -0.25) is 0 Å². The fourth-order valence-corrected chi connectivity index (χ4v) is 3.63. The van der Waals surface area contributed by atoms with E-state index >= 15 is 0 Å². The van der Waals surface area contributed by atoms with Gasteiger partial charge in [-0.05, 0) is 67.7 Å². The second kappa shape index (κ2) is 7.35. The van der Waals surface area contributed by atoms with Gasteiger partial charge in [0, 0.05) is 6.04 Å². The molecule has 1 N–H and O–H groups in total. The highest BCUT2D eigenvalue weighted by atomic mass is 19.2. The average Bonchev–Trinajstić information content (AvgIpc) is 2.48. The number of halogens is 2. The molecule has 0 heterocycles. The number of nitrogens with one attached hydrogen (secondary N) is 1. The smallest absolute Gasteiger partial charge is 0.159 e. The van der Waals surface area contributed by atoms with E-state index in [9.17, 15) is 8.78 Å². The van der Waals surface area contributed by atoms with Crippen LogP contribution in [0.4, 0.5) is 8.78 Å². The van der Waals surface area contributed by atoms with Gasteiger partial charge in [0.1, 0.15) is 0 Å². The summed E-state index contributed by atoms with van der Waals surface area (Å²) in [6, 6.07) is 4.46. The first-order valence-corrected chi connectivity index (χ1v) is 8.21. The first-order valence-electron chi connectivity index (χ1n) is 8.21. The van der Waals surface area contributed by atoms with Crippen molar-refractivity contribution in [1.82, 2.24) is 5.32 Å². The fraction of sp³-hybridized carbons (Fsp3) is 0.667. The molecule has 1 aliphatic carbocycles. The summed E-state index contributed by atoms with van der Waals surface area (Å²) in [4.78, 5) is 0. The van der Waals surface area contributed by atoms with E-state index in [1.807, 2.05) is 0 Å². The highest BCUT2D eigenvalue weighted by Crippen LogP contribution is 2.39. The number of hydrogen-bond donors (Lipinski definition) is 1. The van der Waals surface area contributed by atoms with E-state index in [0.717, 1.165) is 23.9 Å². The van der Waals surface area contributed by atoms with Gasteiger partial charge in [-0.25, -0.2) is 8.78 Å². The van der Waals surface area contributed by atoms with Crippen molar-refractivity contribution in [3.63, 3.8) is 0 Å². The lowest BCUT2D eigenvalue weighted by atomic mass is 9.73. The van der Waals surface area contributed by atoms with E-state index in [1.165, 1.54) is 37.8 Å². The van der Waals surface area contributed by atoms with E-state index in [1.54, 1.807) is 6.07 Å². The average molecular weight is 295 g/mol. The SMILES string of the molecule is CCNC(c1ccc(F)c(F)c1)C1CCC(C(C)C)CC1. The van der Waals surface area contributed by atoms with E-state index in [4.69, 9.17) is 0 Å². The molecule has 0 bridgehead atoms. The molecule has 0 saturated heterocycles. The van der Waals surface area contributed by atoms with Gasteiger partial charge < -0.3 is 5.32 Å². The van der Waals surface area contributed by atoms with Crippen molar-refractivity contribution < 1.29 is 8.78 Å². The zero-order valence-corrected chi connectivity index (χ0v) is 13.3. The molecule has 1 aromatic carbocycles. The molecule has 0 spiro atoms. The van der Waals surface area contributed by atoms with Crippen LogP contribution >= 0.6 is 0 Å². The first-order chi connectivity index (χ1) is 10.0. The second-order valence-corrected chi connectivity index (χ2v) is 6.63. The Morgan fingerprint density at radius 1 is 1.05 bits per heavy atom. The topological polar surface area (TPSA) is 12.0 Å². The van der Waals surface area contributed by atoms with Crippen molar-refractivity contribution in [3.05, 3.63) is 35.4 Å². The molecule has 1 aliphatic rings.